The number of carbonyl (C=O) groups is 1. The van der Waals surface area contributed by atoms with Gasteiger partial charge in [-0.15, -0.1) is 10.2 Å². The molecular weight excluding hydrogens is 508 g/mol. The van der Waals surface area contributed by atoms with E-state index in [-0.39, 0.29) is 15.9 Å². The van der Waals surface area contributed by atoms with Crippen molar-refractivity contribution in [1.29, 1.82) is 0 Å². The van der Waals surface area contributed by atoms with E-state index < -0.39 is 22.5 Å². The van der Waals surface area contributed by atoms with Crippen molar-refractivity contribution in [2.75, 3.05) is 23.3 Å². The summed E-state index contributed by atoms with van der Waals surface area (Å²) < 4.78 is 33.5. The highest BCUT2D eigenvalue weighted by Crippen LogP contribution is 2.29. The predicted molar refractivity (Wildman–Crippen MR) is 147 cm³/mol. The van der Waals surface area contributed by atoms with Crippen molar-refractivity contribution < 1.29 is 17.9 Å². The molecule has 0 aliphatic heterocycles. The van der Waals surface area contributed by atoms with Gasteiger partial charge in [0.1, 0.15) is 17.3 Å². The minimum atomic E-state index is -4.01. The Morgan fingerprint density at radius 2 is 1.62 bits per heavy atom. The lowest BCUT2D eigenvalue weighted by atomic mass is 10.0. The number of carbonyl (C=O) groups excluding carboxylic acids is 1. The van der Waals surface area contributed by atoms with Gasteiger partial charge in [-0.25, -0.2) is 8.42 Å². The molecule has 0 atom stereocenters. The van der Waals surface area contributed by atoms with Crippen LogP contribution in [-0.4, -0.2) is 38.2 Å². The fourth-order valence-corrected chi connectivity index (χ4v) is 5.78. The van der Waals surface area contributed by atoms with Crippen molar-refractivity contribution in [3.8, 4) is 16.3 Å². The summed E-state index contributed by atoms with van der Waals surface area (Å²) in [6.07, 6.45) is 0. The second kappa shape index (κ2) is 11.1. The highest BCUT2D eigenvalue weighted by Gasteiger charge is 2.27. The number of sulfonamides is 1. The number of hydrogen-bond donors (Lipinski definition) is 1. The number of nitrogens with one attached hydrogen (secondary N) is 1. The number of aryl methyl sites for hydroxylation is 1. The van der Waals surface area contributed by atoms with Crippen LogP contribution in [-0.2, 0) is 14.8 Å². The lowest BCUT2D eigenvalue weighted by molar-refractivity contribution is -0.114. The molecule has 0 radical (unpaired) electrons. The third kappa shape index (κ3) is 6.15. The SMILES string of the molecule is COc1ccc(-c2nnc(NC(=O)CN(c3ccc(C(C)C)cc3)S(=O)(=O)c3ccc(C)cc3)s2)cc1. The number of ether oxygens (including phenoxy) is 1. The monoisotopic (exact) mass is 536 g/mol. The lowest BCUT2D eigenvalue weighted by Crippen LogP contribution is -2.38. The van der Waals surface area contributed by atoms with Crippen LogP contribution in [0.2, 0.25) is 0 Å². The second-order valence-corrected chi connectivity index (χ2v) is 11.6. The van der Waals surface area contributed by atoms with Crippen molar-refractivity contribution in [1.82, 2.24) is 10.2 Å². The largest absolute Gasteiger partial charge is 0.497 e. The molecule has 0 fully saturated rings. The molecule has 0 unspecified atom stereocenters. The van der Waals surface area contributed by atoms with Crippen molar-refractivity contribution in [2.24, 2.45) is 0 Å². The standard InChI is InChI=1S/C27H28N4O4S2/c1-18(2)20-7-11-22(12-8-20)31(37(33,34)24-15-5-19(3)6-16-24)17-25(32)28-27-30-29-26(36-27)21-9-13-23(35-4)14-10-21/h5-16,18H,17H2,1-4H3,(H,28,30,32). The van der Waals surface area contributed by atoms with Crippen LogP contribution < -0.4 is 14.4 Å². The first-order valence-electron chi connectivity index (χ1n) is 11.6. The average Bonchev–Trinajstić information content (AvgIpc) is 3.36. The molecule has 1 N–H and O–H groups in total. The second-order valence-electron chi connectivity index (χ2n) is 8.76. The molecule has 1 aromatic heterocycles. The van der Waals surface area contributed by atoms with Gasteiger partial charge in [-0.3, -0.25) is 14.4 Å². The highest BCUT2D eigenvalue weighted by molar-refractivity contribution is 7.92. The summed E-state index contributed by atoms with van der Waals surface area (Å²) >= 11 is 1.20. The summed E-state index contributed by atoms with van der Waals surface area (Å²) in [7, 11) is -2.42. The van der Waals surface area contributed by atoms with Crippen LogP contribution in [0.3, 0.4) is 0 Å². The molecule has 0 aliphatic rings. The van der Waals surface area contributed by atoms with E-state index in [1.54, 1.807) is 43.5 Å². The molecule has 0 saturated carbocycles. The molecule has 192 valence electrons. The quantitative estimate of drug-likeness (QED) is 0.304. The molecule has 1 heterocycles. The third-order valence-electron chi connectivity index (χ3n) is 5.75. The van der Waals surface area contributed by atoms with Crippen LogP contribution in [0.25, 0.3) is 10.6 Å². The third-order valence-corrected chi connectivity index (χ3v) is 8.43. The van der Waals surface area contributed by atoms with Gasteiger partial charge in [0.2, 0.25) is 11.0 Å². The number of amides is 1. The van der Waals surface area contributed by atoms with Crippen molar-refractivity contribution in [3.63, 3.8) is 0 Å². The molecule has 0 saturated heterocycles. The first-order valence-corrected chi connectivity index (χ1v) is 13.9. The predicted octanol–water partition coefficient (Wildman–Crippen LogP) is 5.48. The molecule has 1 amide bonds. The van der Waals surface area contributed by atoms with Gasteiger partial charge in [-0.2, -0.15) is 0 Å². The van der Waals surface area contributed by atoms with Crippen LogP contribution in [0.4, 0.5) is 10.8 Å². The van der Waals surface area contributed by atoms with E-state index in [9.17, 15) is 13.2 Å². The van der Waals surface area contributed by atoms with E-state index in [4.69, 9.17) is 4.74 Å². The molecule has 4 aromatic rings. The summed E-state index contributed by atoms with van der Waals surface area (Å²) in [6.45, 7) is 5.58. The Morgan fingerprint density at radius 3 is 2.22 bits per heavy atom. The molecule has 0 spiro atoms. The summed E-state index contributed by atoms with van der Waals surface area (Å²) in [4.78, 5) is 13.1. The van der Waals surface area contributed by atoms with E-state index in [2.05, 4.69) is 29.4 Å². The molecule has 10 heteroatoms. The van der Waals surface area contributed by atoms with Gasteiger partial charge in [-0.05, 0) is 66.9 Å². The summed E-state index contributed by atoms with van der Waals surface area (Å²) in [5, 5.41) is 11.8. The number of benzene rings is 3. The van der Waals surface area contributed by atoms with E-state index in [0.29, 0.717) is 10.7 Å². The van der Waals surface area contributed by atoms with Gasteiger partial charge in [0.15, 0.2) is 0 Å². The van der Waals surface area contributed by atoms with Gasteiger partial charge in [-0.1, -0.05) is 55.0 Å². The Labute approximate surface area is 221 Å². The van der Waals surface area contributed by atoms with Crippen LogP contribution in [0.15, 0.2) is 77.7 Å². The number of aromatic nitrogens is 2. The van der Waals surface area contributed by atoms with E-state index in [0.717, 1.165) is 26.7 Å². The first kappa shape index (κ1) is 26.3. The number of methoxy groups -OCH3 is 1. The Bertz CT molecular complexity index is 1460. The Kier molecular flexibility index (Phi) is 7.89. The number of rotatable bonds is 9. The van der Waals surface area contributed by atoms with Gasteiger partial charge in [0, 0.05) is 5.56 Å². The van der Waals surface area contributed by atoms with E-state index >= 15 is 0 Å². The molecule has 3 aromatic carbocycles. The van der Waals surface area contributed by atoms with E-state index in [1.165, 1.54) is 11.3 Å². The molecule has 4 rings (SSSR count). The maximum absolute atomic E-state index is 13.6. The maximum Gasteiger partial charge on any atom is 0.264 e. The molecule has 37 heavy (non-hydrogen) atoms. The minimum absolute atomic E-state index is 0.108. The van der Waals surface area contributed by atoms with Crippen LogP contribution in [0.5, 0.6) is 5.75 Å². The Hall–Kier alpha value is -3.76. The highest BCUT2D eigenvalue weighted by atomic mass is 32.2. The molecule has 0 bridgehead atoms. The average molecular weight is 537 g/mol. The molecular formula is C27H28N4O4S2. The summed E-state index contributed by atoms with van der Waals surface area (Å²) in [6, 6.07) is 21.1. The maximum atomic E-state index is 13.6. The molecule has 8 nitrogen and oxygen atoms in total. The topological polar surface area (TPSA) is 101 Å². The minimum Gasteiger partial charge on any atom is -0.497 e. The van der Waals surface area contributed by atoms with Crippen molar-refractivity contribution >= 4 is 38.1 Å². The number of nitrogens with zero attached hydrogens (tertiary/aromatic N) is 3. The van der Waals surface area contributed by atoms with Crippen LogP contribution in [0.1, 0.15) is 30.9 Å². The zero-order chi connectivity index (χ0) is 26.6. The summed E-state index contributed by atoms with van der Waals surface area (Å²) in [5.41, 5.74) is 3.23. The van der Waals surface area contributed by atoms with E-state index in [1.807, 2.05) is 43.3 Å². The fraction of sp³-hybridized carbons (Fsp3) is 0.222. The Balaban J connectivity index is 1.58. The Morgan fingerprint density at radius 1 is 0.973 bits per heavy atom. The fourth-order valence-electron chi connectivity index (χ4n) is 3.59. The van der Waals surface area contributed by atoms with Gasteiger partial charge >= 0.3 is 0 Å². The number of anilines is 2. The zero-order valence-electron chi connectivity index (χ0n) is 21.0. The van der Waals surface area contributed by atoms with Gasteiger partial charge in [0.05, 0.1) is 17.7 Å². The zero-order valence-corrected chi connectivity index (χ0v) is 22.6. The lowest BCUT2D eigenvalue weighted by Gasteiger charge is -2.24. The normalized spacial score (nSPS) is 11.4. The van der Waals surface area contributed by atoms with Crippen molar-refractivity contribution in [2.45, 2.75) is 31.6 Å². The molecule has 0 aliphatic carbocycles. The first-order chi connectivity index (χ1) is 17.7. The summed E-state index contributed by atoms with van der Waals surface area (Å²) in [5.74, 6) is 0.482. The van der Waals surface area contributed by atoms with Gasteiger partial charge < -0.3 is 4.74 Å². The smallest absolute Gasteiger partial charge is 0.264 e. The van der Waals surface area contributed by atoms with Crippen molar-refractivity contribution in [3.05, 3.63) is 83.9 Å². The van der Waals surface area contributed by atoms with Crippen LogP contribution in [0, 0.1) is 6.92 Å². The number of hydrogen-bond acceptors (Lipinski definition) is 7. The van der Waals surface area contributed by atoms with Gasteiger partial charge in [0.25, 0.3) is 10.0 Å². The van der Waals surface area contributed by atoms with Crippen LogP contribution >= 0.6 is 11.3 Å².